The summed E-state index contributed by atoms with van der Waals surface area (Å²) < 4.78 is 28.8. The number of likely N-dealkylation sites (tertiary alicyclic amines) is 1. The number of ether oxygens (including phenoxy) is 2. The molecule has 1 fully saturated rings. The number of carbonyl (C=O) groups is 3. The molecule has 0 unspecified atom stereocenters. The molecule has 8 rings (SSSR count). The van der Waals surface area contributed by atoms with Crippen LogP contribution in [0.4, 0.5) is 4.39 Å². The van der Waals surface area contributed by atoms with Gasteiger partial charge in [-0.1, -0.05) is 87.0 Å². The molecule has 2 aromatic heterocycles. The summed E-state index contributed by atoms with van der Waals surface area (Å²) in [6, 6.07) is 34.1. The van der Waals surface area contributed by atoms with Gasteiger partial charge in [0.2, 0.25) is 17.7 Å². The van der Waals surface area contributed by atoms with Crippen LogP contribution in [0, 0.1) is 18.2 Å². The van der Waals surface area contributed by atoms with Gasteiger partial charge in [0.1, 0.15) is 41.8 Å². The number of benzene rings is 5. The van der Waals surface area contributed by atoms with E-state index in [1.54, 1.807) is 28.9 Å². The van der Waals surface area contributed by atoms with Crippen molar-refractivity contribution in [1.82, 2.24) is 25.3 Å². The quantitative estimate of drug-likeness (QED) is 0.0796. The first-order chi connectivity index (χ1) is 31.7. The van der Waals surface area contributed by atoms with Crippen molar-refractivity contribution in [2.45, 2.75) is 71.8 Å². The second-order valence-corrected chi connectivity index (χ2v) is 18.7. The molecule has 1 aliphatic heterocycles. The molecule has 0 saturated carbocycles. The zero-order valence-electron chi connectivity index (χ0n) is 37.2. The molecule has 0 spiro atoms. The van der Waals surface area contributed by atoms with Crippen LogP contribution in [0.2, 0.25) is 0 Å². The van der Waals surface area contributed by atoms with Crippen LogP contribution < -0.4 is 20.1 Å². The Morgan fingerprint density at radius 3 is 2.27 bits per heavy atom. The number of β-amino-alcohol motifs (C(OH)–C–C–N with tert-alkyl or cyclic N) is 1. The third-order valence-corrected chi connectivity index (χ3v) is 12.7. The largest absolute Gasteiger partial charge is 0.508 e. The van der Waals surface area contributed by atoms with Gasteiger partial charge < -0.3 is 35.2 Å². The molecule has 3 amide bonds. The minimum atomic E-state index is -0.929. The highest BCUT2D eigenvalue weighted by Gasteiger charge is 2.44. The molecule has 0 aliphatic carbocycles. The maximum absolute atomic E-state index is 14.0. The Labute approximate surface area is 386 Å². The smallest absolute Gasteiger partial charge is 0.246 e. The Bertz CT molecular complexity index is 2820. The van der Waals surface area contributed by atoms with E-state index in [2.05, 4.69) is 10.6 Å². The van der Waals surface area contributed by atoms with E-state index >= 15 is 0 Å². The van der Waals surface area contributed by atoms with E-state index in [0.717, 1.165) is 48.5 Å². The molecule has 3 heterocycles. The van der Waals surface area contributed by atoms with Gasteiger partial charge >= 0.3 is 0 Å². The monoisotopic (exact) mass is 909 g/mol. The predicted molar refractivity (Wildman–Crippen MR) is 253 cm³/mol. The van der Waals surface area contributed by atoms with Crippen LogP contribution in [0.1, 0.15) is 43.9 Å². The van der Waals surface area contributed by atoms with Crippen molar-refractivity contribution in [3.8, 4) is 44.7 Å². The predicted octanol–water partition coefficient (Wildman–Crippen LogP) is 8.81. The standard InChI is InChI=1S/C52H52FN5O7S/c1-32-5-7-34(8-6-32)30-54-50(62)44-28-39(60)31-58(44)51(63)49(52(2,3)4)55-46(61)27-33-9-11-35(12-10-33)43-23-24-57(56-43)25-26-64-40-18-20-41(21-19-40)65-47-42-22-17-38(59)29-45(42)66-48(47)36-13-15-37(53)16-14-36/h5-24,29,39,44,49,59-60H,25-28,30-31H2,1-4H3,(H,54,62)(H,55,61)/t39-,44+,49-/m1/s1. The molecular formula is C52H52FN5O7S. The second kappa shape index (κ2) is 19.6. The topological polar surface area (TPSA) is 155 Å². The number of amides is 3. The second-order valence-electron chi connectivity index (χ2n) is 17.7. The number of hydrogen-bond acceptors (Lipinski definition) is 9. The molecule has 12 nitrogen and oxygen atoms in total. The van der Waals surface area contributed by atoms with Crippen LogP contribution in [0.5, 0.6) is 23.0 Å². The maximum Gasteiger partial charge on any atom is 0.246 e. The molecule has 1 aliphatic rings. The van der Waals surface area contributed by atoms with Crippen LogP contribution in [-0.4, -0.2) is 74.0 Å². The lowest BCUT2D eigenvalue weighted by atomic mass is 9.85. The zero-order chi connectivity index (χ0) is 46.5. The van der Waals surface area contributed by atoms with Gasteiger partial charge in [-0.15, -0.1) is 11.3 Å². The molecule has 1 saturated heterocycles. The maximum atomic E-state index is 14.0. The number of thiophene rings is 1. The van der Waals surface area contributed by atoms with Crippen LogP contribution in [0.25, 0.3) is 31.8 Å². The lowest BCUT2D eigenvalue weighted by Gasteiger charge is -2.35. The van der Waals surface area contributed by atoms with Gasteiger partial charge in [-0.3, -0.25) is 19.1 Å². The van der Waals surface area contributed by atoms with E-state index in [4.69, 9.17) is 14.6 Å². The van der Waals surface area contributed by atoms with Gasteiger partial charge in [-0.25, -0.2) is 4.39 Å². The number of fused-ring (bicyclic) bond motifs is 1. The summed E-state index contributed by atoms with van der Waals surface area (Å²) in [6.07, 6.45) is 1.18. The number of aromatic hydroxyl groups is 1. The molecular weight excluding hydrogens is 858 g/mol. The highest BCUT2D eigenvalue weighted by Crippen LogP contribution is 2.47. The molecule has 340 valence electrons. The van der Waals surface area contributed by atoms with Gasteiger partial charge in [0.05, 0.1) is 29.6 Å². The van der Waals surface area contributed by atoms with E-state index < -0.39 is 29.5 Å². The fourth-order valence-corrected chi connectivity index (χ4v) is 9.07. The number of halogens is 1. The van der Waals surface area contributed by atoms with Gasteiger partial charge in [-0.2, -0.15) is 5.10 Å². The fraction of sp³-hybridized carbons (Fsp3) is 0.269. The zero-order valence-corrected chi connectivity index (χ0v) is 38.0. The molecule has 14 heteroatoms. The summed E-state index contributed by atoms with van der Waals surface area (Å²) in [6.45, 7) is 8.73. The number of phenolic OH excluding ortho intramolecular Hbond substituents is 1. The van der Waals surface area contributed by atoms with Crippen molar-refractivity contribution in [2.75, 3.05) is 13.2 Å². The summed E-state index contributed by atoms with van der Waals surface area (Å²) in [4.78, 5) is 43.0. The number of phenols is 1. The summed E-state index contributed by atoms with van der Waals surface area (Å²) in [5.41, 5.74) is 4.55. The Morgan fingerprint density at radius 1 is 0.879 bits per heavy atom. The van der Waals surface area contributed by atoms with Crippen molar-refractivity contribution in [3.63, 3.8) is 0 Å². The summed E-state index contributed by atoms with van der Waals surface area (Å²) in [5, 5.41) is 32.0. The van der Waals surface area contributed by atoms with Gasteiger partial charge in [-0.05, 0) is 89.7 Å². The van der Waals surface area contributed by atoms with Crippen LogP contribution in [-0.2, 0) is 33.9 Å². The number of aryl methyl sites for hydroxylation is 1. The molecule has 0 radical (unpaired) electrons. The minimum absolute atomic E-state index is 0.00457. The lowest BCUT2D eigenvalue weighted by Crippen LogP contribution is -2.58. The molecule has 3 atom stereocenters. The number of nitrogens with zero attached hydrogens (tertiary/aromatic N) is 3. The normalized spacial score (nSPS) is 15.4. The number of hydrogen-bond donors (Lipinski definition) is 4. The summed E-state index contributed by atoms with van der Waals surface area (Å²) in [5.74, 6) is 0.603. The average Bonchev–Trinajstić information content (AvgIpc) is 4.03. The molecule has 66 heavy (non-hydrogen) atoms. The van der Waals surface area contributed by atoms with E-state index in [1.807, 2.05) is 119 Å². The molecule has 7 aromatic rings. The Morgan fingerprint density at radius 2 is 1.56 bits per heavy atom. The van der Waals surface area contributed by atoms with Crippen LogP contribution >= 0.6 is 11.3 Å². The number of aliphatic hydroxyl groups excluding tert-OH is 1. The first-order valence-electron chi connectivity index (χ1n) is 21.8. The Kier molecular flexibility index (Phi) is 13.5. The average molecular weight is 910 g/mol. The highest BCUT2D eigenvalue weighted by molar-refractivity contribution is 7.22. The molecule has 0 bridgehead atoms. The van der Waals surface area contributed by atoms with Crippen molar-refractivity contribution in [3.05, 3.63) is 150 Å². The van der Waals surface area contributed by atoms with Crippen molar-refractivity contribution < 1.29 is 38.5 Å². The van der Waals surface area contributed by atoms with Crippen molar-refractivity contribution in [1.29, 1.82) is 0 Å². The number of aromatic nitrogens is 2. The first kappa shape index (κ1) is 45.5. The van der Waals surface area contributed by atoms with Crippen LogP contribution in [0.3, 0.4) is 0 Å². The number of carbonyl (C=O) groups excluding carboxylic acids is 3. The highest BCUT2D eigenvalue weighted by atomic mass is 32.1. The summed E-state index contributed by atoms with van der Waals surface area (Å²) >= 11 is 1.46. The van der Waals surface area contributed by atoms with E-state index in [-0.39, 0.29) is 42.8 Å². The third kappa shape index (κ3) is 10.9. The van der Waals surface area contributed by atoms with Gasteiger partial charge in [0.15, 0.2) is 5.75 Å². The Hall–Kier alpha value is -7.03. The van der Waals surface area contributed by atoms with Gasteiger partial charge in [0, 0.05) is 41.4 Å². The van der Waals surface area contributed by atoms with Crippen molar-refractivity contribution in [2.24, 2.45) is 5.41 Å². The molecule has 5 aromatic carbocycles. The SMILES string of the molecule is Cc1ccc(CNC(=O)[C@@H]2C[C@@H](O)CN2C(=O)[C@@H](NC(=O)Cc2ccc(-c3ccn(CCOc4ccc(Oc5c(-c6ccc(F)cc6)sc6cc(O)ccc56)cc4)n3)cc2)C(C)(C)C)cc1. The number of aliphatic hydroxyl groups is 1. The number of rotatable bonds is 15. The summed E-state index contributed by atoms with van der Waals surface area (Å²) in [7, 11) is 0. The van der Waals surface area contributed by atoms with E-state index in [9.17, 15) is 29.0 Å². The minimum Gasteiger partial charge on any atom is -0.508 e. The van der Waals surface area contributed by atoms with Crippen LogP contribution in [0.15, 0.2) is 128 Å². The fourth-order valence-electron chi connectivity index (χ4n) is 7.90. The lowest BCUT2D eigenvalue weighted by molar-refractivity contribution is -0.144. The third-order valence-electron chi connectivity index (χ3n) is 11.5. The number of nitrogens with one attached hydrogen (secondary N) is 2. The first-order valence-corrected chi connectivity index (χ1v) is 22.6. The molecule has 4 N–H and O–H groups in total. The van der Waals surface area contributed by atoms with Gasteiger partial charge in [0.25, 0.3) is 0 Å². The Balaban J connectivity index is 0.828. The van der Waals surface area contributed by atoms with Crippen molar-refractivity contribution >= 4 is 39.1 Å². The van der Waals surface area contributed by atoms with E-state index in [0.29, 0.717) is 36.9 Å². The van der Waals surface area contributed by atoms with E-state index in [1.165, 1.54) is 28.4 Å².